The normalized spacial score (nSPS) is 10.6. The van der Waals surface area contributed by atoms with Crippen LogP contribution in [0.3, 0.4) is 0 Å². The van der Waals surface area contributed by atoms with E-state index in [-0.39, 0.29) is 0 Å². The second kappa shape index (κ2) is 6.10. The van der Waals surface area contributed by atoms with Crippen molar-refractivity contribution in [1.82, 2.24) is 15.1 Å². The highest BCUT2D eigenvalue weighted by molar-refractivity contribution is 5.09. The van der Waals surface area contributed by atoms with Crippen molar-refractivity contribution in [2.24, 2.45) is 5.73 Å². The van der Waals surface area contributed by atoms with Crippen LogP contribution in [0.2, 0.25) is 0 Å². The van der Waals surface area contributed by atoms with Gasteiger partial charge in [-0.05, 0) is 31.5 Å². The van der Waals surface area contributed by atoms with Gasteiger partial charge in [0.25, 0.3) is 0 Å². The second-order valence-corrected chi connectivity index (χ2v) is 3.85. The van der Waals surface area contributed by atoms with E-state index in [4.69, 9.17) is 10.3 Å². The lowest BCUT2D eigenvalue weighted by Crippen LogP contribution is -1.99. The maximum absolute atomic E-state index is 5.43. The molecular weight excluding hydrogens is 216 g/mol. The number of nitrogens with two attached hydrogens (primary N) is 1. The highest BCUT2D eigenvalue weighted by Gasteiger charge is 2.07. The van der Waals surface area contributed by atoms with Gasteiger partial charge in [0, 0.05) is 18.3 Å². The van der Waals surface area contributed by atoms with Crippen LogP contribution in [0.15, 0.2) is 28.9 Å². The SMILES string of the molecule is NCCCCc1nc(Cc2ccccn2)no1. The zero-order chi connectivity index (χ0) is 11.9. The summed E-state index contributed by atoms with van der Waals surface area (Å²) in [6.45, 7) is 0.703. The van der Waals surface area contributed by atoms with Crippen LogP contribution in [0.1, 0.15) is 30.3 Å². The van der Waals surface area contributed by atoms with E-state index in [2.05, 4.69) is 15.1 Å². The van der Waals surface area contributed by atoms with Crippen LogP contribution >= 0.6 is 0 Å². The molecule has 0 aromatic carbocycles. The van der Waals surface area contributed by atoms with E-state index in [1.807, 2.05) is 18.2 Å². The van der Waals surface area contributed by atoms with E-state index in [9.17, 15) is 0 Å². The van der Waals surface area contributed by atoms with E-state index in [1.165, 1.54) is 0 Å². The molecule has 2 heterocycles. The van der Waals surface area contributed by atoms with Crippen LogP contribution < -0.4 is 5.73 Å². The van der Waals surface area contributed by atoms with Crippen molar-refractivity contribution in [3.05, 3.63) is 41.8 Å². The van der Waals surface area contributed by atoms with Crippen LogP contribution in [0, 0.1) is 0 Å². The standard InChI is InChI=1S/C12H16N4O/c13-7-3-1-6-12-15-11(16-17-12)9-10-5-2-4-8-14-10/h2,4-5,8H,1,3,6-7,9,13H2. The molecule has 0 spiro atoms. The smallest absolute Gasteiger partial charge is 0.226 e. The first-order valence-corrected chi connectivity index (χ1v) is 5.80. The molecule has 0 bridgehead atoms. The maximum Gasteiger partial charge on any atom is 0.226 e. The molecule has 0 unspecified atom stereocenters. The highest BCUT2D eigenvalue weighted by Crippen LogP contribution is 2.06. The molecule has 0 atom stereocenters. The van der Waals surface area contributed by atoms with Gasteiger partial charge in [-0.3, -0.25) is 4.98 Å². The first-order valence-electron chi connectivity index (χ1n) is 5.80. The first kappa shape index (κ1) is 11.7. The summed E-state index contributed by atoms with van der Waals surface area (Å²) in [4.78, 5) is 8.54. The van der Waals surface area contributed by atoms with Crippen LogP contribution in [0.5, 0.6) is 0 Å². The molecule has 17 heavy (non-hydrogen) atoms. The predicted molar refractivity (Wildman–Crippen MR) is 63.3 cm³/mol. The molecule has 0 saturated heterocycles. The van der Waals surface area contributed by atoms with Gasteiger partial charge in [0.2, 0.25) is 5.89 Å². The Morgan fingerprint density at radius 3 is 2.94 bits per heavy atom. The van der Waals surface area contributed by atoms with Crippen molar-refractivity contribution in [2.45, 2.75) is 25.7 Å². The summed E-state index contributed by atoms with van der Waals surface area (Å²) >= 11 is 0. The Hall–Kier alpha value is -1.75. The van der Waals surface area contributed by atoms with Gasteiger partial charge >= 0.3 is 0 Å². The fourth-order valence-corrected chi connectivity index (χ4v) is 1.55. The average Bonchev–Trinajstić information content (AvgIpc) is 2.79. The molecule has 0 amide bonds. The third-order valence-electron chi connectivity index (χ3n) is 2.42. The van der Waals surface area contributed by atoms with E-state index in [0.717, 1.165) is 25.0 Å². The van der Waals surface area contributed by atoms with Crippen molar-refractivity contribution in [3.8, 4) is 0 Å². The van der Waals surface area contributed by atoms with Crippen LogP contribution in [-0.4, -0.2) is 21.7 Å². The number of aryl methyl sites for hydroxylation is 1. The third-order valence-corrected chi connectivity index (χ3v) is 2.42. The Morgan fingerprint density at radius 1 is 1.24 bits per heavy atom. The van der Waals surface area contributed by atoms with Gasteiger partial charge in [-0.25, -0.2) is 0 Å². The minimum Gasteiger partial charge on any atom is -0.339 e. The van der Waals surface area contributed by atoms with Gasteiger partial charge in [-0.1, -0.05) is 11.2 Å². The summed E-state index contributed by atoms with van der Waals surface area (Å²) in [5.74, 6) is 1.37. The molecular formula is C12H16N4O. The van der Waals surface area contributed by atoms with Gasteiger partial charge in [0.05, 0.1) is 6.42 Å². The zero-order valence-corrected chi connectivity index (χ0v) is 9.67. The lowest BCUT2D eigenvalue weighted by atomic mass is 10.2. The highest BCUT2D eigenvalue weighted by atomic mass is 16.5. The summed E-state index contributed by atoms with van der Waals surface area (Å²) in [6, 6.07) is 5.78. The Bertz CT molecular complexity index is 441. The molecule has 2 N–H and O–H groups in total. The van der Waals surface area contributed by atoms with Crippen LogP contribution in [0.4, 0.5) is 0 Å². The number of hydrogen-bond donors (Lipinski definition) is 1. The minimum absolute atomic E-state index is 0.612. The summed E-state index contributed by atoms with van der Waals surface area (Å²) in [6.07, 6.45) is 5.14. The molecule has 2 rings (SSSR count). The van der Waals surface area contributed by atoms with E-state index >= 15 is 0 Å². The lowest BCUT2D eigenvalue weighted by Gasteiger charge is -1.93. The predicted octanol–water partition coefficient (Wildman–Crippen LogP) is 1.34. The summed E-state index contributed by atoms with van der Waals surface area (Å²) in [5, 5.41) is 3.93. The number of hydrogen-bond acceptors (Lipinski definition) is 5. The molecule has 0 aliphatic rings. The summed E-state index contributed by atoms with van der Waals surface area (Å²) < 4.78 is 5.15. The zero-order valence-electron chi connectivity index (χ0n) is 9.67. The van der Waals surface area contributed by atoms with Gasteiger partial charge in [0.1, 0.15) is 0 Å². The van der Waals surface area contributed by atoms with Crippen molar-refractivity contribution < 1.29 is 4.52 Å². The molecule has 0 aliphatic carbocycles. The number of pyridine rings is 1. The molecule has 0 saturated carbocycles. The Kier molecular flexibility index (Phi) is 4.21. The molecule has 0 fully saturated rings. The molecule has 2 aromatic rings. The molecule has 5 heteroatoms. The fourth-order valence-electron chi connectivity index (χ4n) is 1.55. The lowest BCUT2D eigenvalue weighted by molar-refractivity contribution is 0.370. The quantitative estimate of drug-likeness (QED) is 0.760. The fraction of sp³-hybridized carbons (Fsp3) is 0.417. The number of rotatable bonds is 6. The van der Waals surface area contributed by atoms with Gasteiger partial charge in [-0.15, -0.1) is 0 Å². The minimum atomic E-state index is 0.612. The largest absolute Gasteiger partial charge is 0.339 e. The van der Waals surface area contributed by atoms with Crippen molar-refractivity contribution >= 4 is 0 Å². The van der Waals surface area contributed by atoms with Gasteiger partial charge < -0.3 is 10.3 Å². The van der Waals surface area contributed by atoms with Crippen molar-refractivity contribution in [2.75, 3.05) is 6.54 Å². The maximum atomic E-state index is 5.43. The van der Waals surface area contributed by atoms with Crippen LogP contribution in [-0.2, 0) is 12.8 Å². The summed E-state index contributed by atoms with van der Waals surface area (Å²) in [7, 11) is 0. The monoisotopic (exact) mass is 232 g/mol. The molecule has 0 radical (unpaired) electrons. The van der Waals surface area contributed by atoms with Crippen molar-refractivity contribution in [3.63, 3.8) is 0 Å². The molecule has 2 aromatic heterocycles. The topological polar surface area (TPSA) is 77.8 Å². The number of aromatic nitrogens is 3. The van der Waals surface area contributed by atoms with Gasteiger partial charge in [0.15, 0.2) is 5.82 Å². The van der Waals surface area contributed by atoms with Crippen molar-refractivity contribution in [1.29, 1.82) is 0 Å². The number of nitrogens with zero attached hydrogens (tertiary/aromatic N) is 3. The molecule has 5 nitrogen and oxygen atoms in total. The number of unbranched alkanes of at least 4 members (excludes halogenated alkanes) is 1. The summed E-state index contributed by atoms with van der Waals surface area (Å²) in [5.41, 5.74) is 6.37. The first-order chi connectivity index (χ1) is 8.38. The Morgan fingerprint density at radius 2 is 2.18 bits per heavy atom. The third kappa shape index (κ3) is 3.64. The van der Waals surface area contributed by atoms with E-state index in [1.54, 1.807) is 6.20 Å². The van der Waals surface area contributed by atoms with Crippen LogP contribution in [0.25, 0.3) is 0 Å². The molecule has 90 valence electrons. The van der Waals surface area contributed by atoms with Gasteiger partial charge in [-0.2, -0.15) is 4.98 Å². The second-order valence-electron chi connectivity index (χ2n) is 3.85. The Balaban J connectivity index is 1.90. The average molecular weight is 232 g/mol. The van der Waals surface area contributed by atoms with E-state index in [0.29, 0.717) is 24.7 Å². The van der Waals surface area contributed by atoms with E-state index < -0.39 is 0 Å². The Labute approximate surface area is 100 Å². The molecule has 0 aliphatic heterocycles.